The van der Waals surface area contributed by atoms with Crippen molar-refractivity contribution in [3.63, 3.8) is 0 Å². The molecule has 1 rings (SSSR count). The highest BCUT2D eigenvalue weighted by molar-refractivity contribution is 5.85. The van der Waals surface area contributed by atoms with E-state index in [1.165, 1.54) is 7.05 Å². The Morgan fingerprint density at radius 1 is 1.82 bits per heavy atom. The predicted octanol–water partition coefficient (Wildman–Crippen LogP) is -0.331. The molecule has 1 fully saturated rings. The molecule has 0 aliphatic carbocycles. The monoisotopic (exact) mass is 164 g/mol. The predicted molar refractivity (Wildman–Crippen MR) is 35.1 cm³/mol. The van der Waals surface area contributed by atoms with Crippen LogP contribution in [-0.2, 0) is 4.79 Å². The number of carbonyl (C=O) groups is 1. The summed E-state index contributed by atoms with van der Waals surface area (Å²) < 4.78 is 25.6. The van der Waals surface area contributed by atoms with Crippen molar-refractivity contribution < 1.29 is 13.6 Å². The summed E-state index contributed by atoms with van der Waals surface area (Å²) >= 11 is 0. The lowest BCUT2D eigenvalue weighted by atomic mass is 10.1. The maximum Gasteiger partial charge on any atom is 0.330 e. The summed E-state index contributed by atoms with van der Waals surface area (Å²) in [5, 5.41) is 0. The summed E-state index contributed by atoms with van der Waals surface area (Å²) in [6, 6.07) is 0. The Hall–Kier alpha value is -0.710. The molecule has 0 radical (unpaired) electrons. The summed E-state index contributed by atoms with van der Waals surface area (Å²) in [4.78, 5) is 11.7. The first-order valence-corrected chi connectivity index (χ1v) is 3.33. The van der Waals surface area contributed by atoms with Crippen molar-refractivity contribution >= 4 is 5.91 Å². The number of nitrogens with two attached hydrogens (primary N) is 1. The van der Waals surface area contributed by atoms with Crippen LogP contribution in [0.25, 0.3) is 0 Å². The first kappa shape index (κ1) is 8.39. The summed E-state index contributed by atoms with van der Waals surface area (Å²) in [5.41, 5.74) is 5.07. The van der Waals surface area contributed by atoms with Crippen LogP contribution < -0.4 is 5.73 Å². The van der Waals surface area contributed by atoms with Gasteiger partial charge in [0.1, 0.15) is 0 Å². The van der Waals surface area contributed by atoms with Gasteiger partial charge in [-0.2, -0.15) is 8.78 Å². The Morgan fingerprint density at radius 2 is 2.36 bits per heavy atom. The summed E-state index contributed by atoms with van der Waals surface area (Å²) in [5.74, 6) is -5.38. The van der Waals surface area contributed by atoms with Gasteiger partial charge in [-0.3, -0.25) is 4.79 Å². The summed E-state index contributed by atoms with van der Waals surface area (Å²) in [6.45, 7) is -0.0919. The van der Waals surface area contributed by atoms with Crippen molar-refractivity contribution in [1.82, 2.24) is 4.90 Å². The molecular formula is C6H10F2N2O. The second kappa shape index (κ2) is 2.41. The van der Waals surface area contributed by atoms with E-state index in [9.17, 15) is 13.6 Å². The van der Waals surface area contributed by atoms with Crippen LogP contribution in [0.15, 0.2) is 0 Å². The minimum atomic E-state index is -3.25. The number of rotatable bonds is 1. The van der Waals surface area contributed by atoms with Gasteiger partial charge in [-0.15, -0.1) is 0 Å². The molecule has 1 unspecified atom stereocenters. The van der Waals surface area contributed by atoms with Gasteiger partial charge in [0.2, 0.25) is 0 Å². The van der Waals surface area contributed by atoms with Gasteiger partial charge in [-0.25, -0.2) is 0 Å². The Bertz CT molecular complexity index is 183. The average molecular weight is 164 g/mol. The molecule has 0 bridgehead atoms. The van der Waals surface area contributed by atoms with Crippen LogP contribution in [-0.4, -0.2) is 36.9 Å². The maximum atomic E-state index is 12.8. The van der Waals surface area contributed by atoms with E-state index in [4.69, 9.17) is 5.73 Å². The van der Waals surface area contributed by atoms with Gasteiger partial charge in [-0.1, -0.05) is 0 Å². The lowest BCUT2D eigenvalue weighted by molar-refractivity contribution is -0.150. The van der Waals surface area contributed by atoms with Crippen LogP contribution in [0, 0.1) is 5.92 Å². The van der Waals surface area contributed by atoms with Crippen molar-refractivity contribution in [3.05, 3.63) is 0 Å². The van der Waals surface area contributed by atoms with E-state index in [0.29, 0.717) is 0 Å². The highest BCUT2D eigenvalue weighted by Gasteiger charge is 2.54. The molecule has 1 saturated heterocycles. The fraction of sp³-hybridized carbons (Fsp3) is 0.833. The SMILES string of the molecule is CN1CC(CN)C(F)(F)C1=O. The number of nitrogens with zero attached hydrogens (tertiary/aromatic N) is 1. The molecule has 0 aromatic rings. The number of hydrogen-bond donors (Lipinski definition) is 1. The number of alkyl halides is 2. The smallest absolute Gasteiger partial charge is 0.330 e. The standard InChI is InChI=1S/C6H10F2N2O/c1-10-3-4(2-9)6(7,8)5(10)11/h4H,2-3,9H2,1H3. The highest BCUT2D eigenvalue weighted by Crippen LogP contribution is 2.32. The molecule has 64 valence electrons. The maximum absolute atomic E-state index is 12.8. The lowest BCUT2D eigenvalue weighted by Gasteiger charge is -2.12. The normalized spacial score (nSPS) is 29.6. The molecule has 0 spiro atoms. The topological polar surface area (TPSA) is 46.3 Å². The van der Waals surface area contributed by atoms with Crippen molar-refractivity contribution in [1.29, 1.82) is 0 Å². The highest BCUT2D eigenvalue weighted by atomic mass is 19.3. The first-order valence-electron chi connectivity index (χ1n) is 3.33. The van der Waals surface area contributed by atoms with E-state index in [0.717, 1.165) is 4.90 Å². The number of carbonyl (C=O) groups excluding carboxylic acids is 1. The zero-order valence-corrected chi connectivity index (χ0v) is 6.18. The number of likely N-dealkylation sites (tertiary alicyclic amines) is 1. The molecule has 11 heavy (non-hydrogen) atoms. The Kier molecular flexibility index (Phi) is 1.83. The second-order valence-corrected chi connectivity index (χ2v) is 2.74. The van der Waals surface area contributed by atoms with Crippen molar-refractivity contribution in [2.24, 2.45) is 11.7 Å². The largest absolute Gasteiger partial charge is 0.340 e. The molecule has 5 heteroatoms. The van der Waals surface area contributed by atoms with Crippen LogP contribution in [0.2, 0.25) is 0 Å². The zero-order valence-electron chi connectivity index (χ0n) is 6.18. The minimum Gasteiger partial charge on any atom is -0.340 e. The van der Waals surface area contributed by atoms with Crippen molar-refractivity contribution in [3.8, 4) is 0 Å². The van der Waals surface area contributed by atoms with E-state index in [-0.39, 0.29) is 13.1 Å². The van der Waals surface area contributed by atoms with Crippen LogP contribution in [0.1, 0.15) is 0 Å². The van der Waals surface area contributed by atoms with Crippen molar-refractivity contribution in [2.45, 2.75) is 5.92 Å². The Balaban J connectivity index is 2.82. The van der Waals surface area contributed by atoms with Gasteiger partial charge < -0.3 is 10.6 Å². The van der Waals surface area contributed by atoms with E-state index in [1.807, 2.05) is 0 Å². The van der Waals surface area contributed by atoms with Gasteiger partial charge >= 0.3 is 5.92 Å². The minimum absolute atomic E-state index is 0.0579. The van der Waals surface area contributed by atoms with Crippen LogP contribution >= 0.6 is 0 Å². The molecule has 3 nitrogen and oxygen atoms in total. The van der Waals surface area contributed by atoms with E-state index >= 15 is 0 Å². The van der Waals surface area contributed by atoms with Crippen LogP contribution in [0.3, 0.4) is 0 Å². The van der Waals surface area contributed by atoms with Gasteiger partial charge in [0.15, 0.2) is 0 Å². The van der Waals surface area contributed by atoms with Crippen molar-refractivity contribution in [2.75, 3.05) is 20.1 Å². The molecule has 2 N–H and O–H groups in total. The summed E-state index contributed by atoms with van der Waals surface area (Å²) in [6.07, 6.45) is 0. The fourth-order valence-electron chi connectivity index (χ4n) is 1.18. The van der Waals surface area contributed by atoms with Crippen LogP contribution in [0.5, 0.6) is 0 Å². The van der Waals surface area contributed by atoms with Gasteiger partial charge in [0.25, 0.3) is 5.91 Å². The number of hydrogen-bond acceptors (Lipinski definition) is 2. The van der Waals surface area contributed by atoms with E-state index < -0.39 is 17.7 Å². The van der Waals surface area contributed by atoms with E-state index in [2.05, 4.69) is 0 Å². The summed E-state index contributed by atoms with van der Waals surface area (Å²) in [7, 11) is 1.35. The molecule has 1 aliphatic heterocycles. The fourth-order valence-corrected chi connectivity index (χ4v) is 1.18. The third-order valence-corrected chi connectivity index (χ3v) is 1.92. The molecular weight excluding hydrogens is 154 g/mol. The quantitative estimate of drug-likeness (QED) is 0.576. The number of amides is 1. The third-order valence-electron chi connectivity index (χ3n) is 1.92. The third kappa shape index (κ3) is 1.09. The Labute approximate surface area is 63.2 Å². The van der Waals surface area contributed by atoms with Gasteiger partial charge in [-0.05, 0) is 0 Å². The lowest BCUT2D eigenvalue weighted by Crippen LogP contribution is -2.36. The van der Waals surface area contributed by atoms with Gasteiger partial charge in [0, 0.05) is 20.1 Å². The second-order valence-electron chi connectivity index (χ2n) is 2.74. The van der Waals surface area contributed by atoms with Gasteiger partial charge in [0.05, 0.1) is 5.92 Å². The Morgan fingerprint density at radius 3 is 2.55 bits per heavy atom. The first-order chi connectivity index (χ1) is 5.00. The molecule has 1 heterocycles. The molecule has 0 saturated carbocycles. The average Bonchev–Trinajstić information content (AvgIpc) is 2.13. The molecule has 1 atom stereocenters. The molecule has 1 amide bonds. The van der Waals surface area contributed by atoms with Crippen LogP contribution in [0.4, 0.5) is 8.78 Å². The number of halogens is 2. The van der Waals surface area contributed by atoms with E-state index in [1.54, 1.807) is 0 Å². The molecule has 0 aromatic carbocycles. The zero-order chi connectivity index (χ0) is 8.65. The molecule has 0 aromatic heterocycles. The molecule has 1 aliphatic rings.